The van der Waals surface area contributed by atoms with Crippen LogP contribution in [0.4, 0.5) is 4.39 Å². The van der Waals surface area contributed by atoms with Gasteiger partial charge in [-0.15, -0.1) is 0 Å². The first-order valence-corrected chi connectivity index (χ1v) is 5.39. The lowest BCUT2D eigenvalue weighted by Crippen LogP contribution is -2.37. The van der Waals surface area contributed by atoms with Gasteiger partial charge in [0.25, 0.3) is 0 Å². The zero-order valence-corrected chi connectivity index (χ0v) is 8.69. The second kappa shape index (κ2) is 4.73. The van der Waals surface area contributed by atoms with E-state index in [-0.39, 0.29) is 11.9 Å². The highest BCUT2D eigenvalue weighted by Gasteiger charge is 2.18. The average Bonchev–Trinajstić information content (AvgIpc) is 2.22. The Morgan fingerprint density at radius 2 is 2.20 bits per heavy atom. The second-order valence-corrected chi connectivity index (χ2v) is 4.12. The molecule has 0 spiro atoms. The Kier molecular flexibility index (Phi) is 3.34. The first-order valence-electron chi connectivity index (χ1n) is 5.39. The van der Waals surface area contributed by atoms with Crippen LogP contribution in [0.25, 0.3) is 0 Å². The van der Waals surface area contributed by atoms with E-state index in [1.54, 1.807) is 12.1 Å². The van der Waals surface area contributed by atoms with E-state index >= 15 is 0 Å². The number of nitrogens with zero attached hydrogens (tertiary/aromatic N) is 1. The molecule has 1 N–H and O–H groups in total. The van der Waals surface area contributed by atoms with Gasteiger partial charge in [0.15, 0.2) is 0 Å². The maximum atomic E-state index is 13.4. The van der Waals surface area contributed by atoms with Crippen molar-refractivity contribution < 1.29 is 9.50 Å². The number of aliphatic hydroxyl groups excluding tert-OH is 1. The normalized spacial score (nSPS) is 22.9. The quantitative estimate of drug-likeness (QED) is 0.802. The lowest BCUT2D eigenvalue weighted by molar-refractivity contribution is 0.0663. The standard InChI is InChI=1S/C12H16FNO/c13-12-6-2-1-4-10(12)8-14-7-3-5-11(15)9-14/h1-2,4,6,11,15H,3,5,7-9H2. The first-order chi connectivity index (χ1) is 7.25. The van der Waals surface area contributed by atoms with Crippen LogP contribution in [0.2, 0.25) is 0 Å². The fourth-order valence-corrected chi connectivity index (χ4v) is 2.04. The average molecular weight is 209 g/mol. The van der Waals surface area contributed by atoms with Gasteiger partial charge in [0.05, 0.1) is 6.10 Å². The van der Waals surface area contributed by atoms with Gasteiger partial charge in [0.1, 0.15) is 5.82 Å². The van der Waals surface area contributed by atoms with E-state index in [2.05, 4.69) is 4.90 Å². The second-order valence-electron chi connectivity index (χ2n) is 4.12. The maximum Gasteiger partial charge on any atom is 0.127 e. The topological polar surface area (TPSA) is 23.5 Å². The van der Waals surface area contributed by atoms with Gasteiger partial charge in [-0.25, -0.2) is 4.39 Å². The third kappa shape index (κ3) is 2.76. The van der Waals surface area contributed by atoms with Gasteiger partial charge in [-0.2, -0.15) is 0 Å². The van der Waals surface area contributed by atoms with Crippen LogP contribution in [0.5, 0.6) is 0 Å². The molecule has 2 rings (SSSR count). The molecule has 0 saturated carbocycles. The van der Waals surface area contributed by atoms with Crippen LogP contribution in [0.1, 0.15) is 18.4 Å². The number of β-amino-alcohol motifs (C(OH)–C–C–N with tert-alkyl or cyclic N) is 1. The number of likely N-dealkylation sites (tertiary alicyclic amines) is 1. The predicted molar refractivity (Wildman–Crippen MR) is 56.9 cm³/mol. The molecule has 1 aliphatic heterocycles. The molecular formula is C12H16FNO. The van der Waals surface area contributed by atoms with E-state index in [0.29, 0.717) is 18.7 Å². The van der Waals surface area contributed by atoms with E-state index in [1.807, 2.05) is 6.07 Å². The molecular weight excluding hydrogens is 193 g/mol. The third-order valence-corrected chi connectivity index (χ3v) is 2.83. The first kappa shape index (κ1) is 10.6. The van der Waals surface area contributed by atoms with Crippen molar-refractivity contribution in [3.63, 3.8) is 0 Å². The molecule has 0 radical (unpaired) electrons. The molecule has 1 aromatic rings. The Morgan fingerprint density at radius 1 is 1.40 bits per heavy atom. The summed E-state index contributed by atoms with van der Waals surface area (Å²) in [5, 5.41) is 9.49. The van der Waals surface area contributed by atoms with Crippen LogP contribution in [0.15, 0.2) is 24.3 Å². The zero-order valence-electron chi connectivity index (χ0n) is 8.69. The SMILES string of the molecule is OC1CCCN(Cc2ccccc2F)C1. The van der Waals surface area contributed by atoms with Crippen molar-refractivity contribution in [3.8, 4) is 0 Å². The highest BCUT2D eigenvalue weighted by atomic mass is 19.1. The molecule has 0 aliphatic carbocycles. The molecule has 15 heavy (non-hydrogen) atoms. The van der Waals surface area contributed by atoms with E-state index in [0.717, 1.165) is 19.4 Å². The number of hydrogen-bond acceptors (Lipinski definition) is 2. The monoisotopic (exact) mass is 209 g/mol. The van der Waals surface area contributed by atoms with Crippen LogP contribution in [0, 0.1) is 5.82 Å². The molecule has 0 amide bonds. The van der Waals surface area contributed by atoms with Gasteiger partial charge in [-0.1, -0.05) is 18.2 Å². The minimum Gasteiger partial charge on any atom is -0.392 e. The lowest BCUT2D eigenvalue weighted by atomic mass is 10.1. The molecule has 2 nitrogen and oxygen atoms in total. The van der Waals surface area contributed by atoms with Crippen molar-refractivity contribution in [3.05, 3.63) is 35.6 Å². The number of halogens is 1. The van der Waals surface area contributed by atoms with Gasteiger partial charge in [0.2, 0.25) is 0 Å². The summed E-state index contributed by atoms with van der Waals surface area (Å²) in [5.41, 5.74) is 0.714. The Hall–Kier alpha value is -0.930. The number of aliphatic hydroxyl groups is 1. The van der Waals surface area contributed by atoms with E-state index in [1.165, 1.54) is 6.07 Å². The largest absolute Gasteiger partial charge is 0.392 e. The van der Waals surface area contributed by atoms with Crippen molar-refractivity contribution in [2.45, 2.75) is 25.5 Å². The highest BCUT2D eigenvalue weighted by molar-refractivity contribution is 5.17. The number of benzene rings is 1. The smallest absolute Gasteiger partial charge is 0.127 e. The number of piperidine rings is 1. The summed E-state index contributed by atoms with van der Waals surface area (Å²) in [7, 11) is 0. The van der Waals surface area contributed by atoms with Crippen LogP contribution >= 0.6 is 0 Å². The maximum absolute atomic E-state index is 13.4. The molecule has 82 valence electrons. The molecule has 1 atom stereocenters. The van der Waals surface area contributed by atoms with E-state index < -0.39 is 0 Å². The van der Waals surface area contributed by atoms with Crippen molar-refractivity contribution in [1.29, 1.82) is 0 Å². The van der Waals surface area contributed by atoms with E-state index in [9.17, 15) is 9.50 Å². The summed E-state index contributed by atoms with van der Waals surface area (Å²) in [4.78, 5) is 2.10. The van der Waals surface area contributed by atoms with Gasteiger partial charge in [0, 0.05) is 18.7 Å². The van der Waals surface area contributed by atoms with Crippen molar-refractivity contribution in [2.24, 2.45) is 0 Å². The Balaban J connectivity index is 1.99. The highest BCUT2D eigenvalue weighted by Crippen LogP contribution is 2.15. The fourth-order valence-electron chi connectivity index (χ4n) is 2.04. The molecule has 0 bridgehead atoms. The zero-order chi connectivity index (χ0) is 10.7. The van der Waals surface area contributed by atoms with Gasteiger partial charge < -0.3 is 5.11 Å². The third-order valence-electron chi connectivity index (χ3n) is 2.83. The summed E-state index contributed by atoms with van der Waals surface area (Å²) < 4.78 is 13.4. The molecule has 1 aromatic carbocycles. The summed E-state index contributed by atoms with van der Waals surface area (Å²) in [6, 6.07) is 6.83. The summed E-state index contributed by atoms with van der Waals surface area (Å²) in [5.74, 6) is -0.155. The van der Waals surface area contributed by atoms with Gasteiger partial charge in [-0.3, -0.25) is 4.90 Å². The molecule has 1 saturated heterocycles. The van der Waals surface area contributed by atoms with Crippen molar-refractivity contribution in [1.82, 2.24) is 4.90 Å². The molecule has 1 fully saturated rings. The predicted octanol–water partition coefficient (Wildman–Crippen LogP) is 1.78. The Bertz CT molecular complexity index is 329. The molecule has 3 heteroatoms. The van der Waals surface area contributed by atoms with Gasteiger partial charge in [-0.05, 0) is 25.5 Å². The van der Waals surface area contributed by atoms with Crippen LogP contribution in [0.3, 0.4) is 0 Å². The van der Waals surface area contributed by atoms with Crippen LogP contribution in [-0.2, 0) is 6.54 Å². The Morgan fingerprint density at radius 3 is 2.93 bits per heavy atom. The summed E-state index contributed by atoms with van der Waals surface area (Å²) >= 11 is 0. The minimum absolute atomic E-state index is 0.155. The molecule has 1 aliphatic rings. The number of rotatable bonds is 2. The molecule has 1 unspecified atom stereocenters. The fraction of sp³-hybridized carbons (Fsp3) is 0.500. The van der Waals surface area contributed by atoms with Crippen molar-refractivity contribution >= 4 is 0 Å². The lowest BCUT2D eigenvalue weighted by Gasteiger charge is -2.29. The van der Waals surface area contributed by atoms with Crippen molar-refractivity contribution in [2.75, 3.05) is 13.1 Å². The number of hydrogen-bond donors (Lipinski definition) is 1. The van der Waals surface area contributed by atoms with Gasteiger partial charge >= 0.3 is 0 Å². The summed E-state index contributed by atoms with van der Waals surface area (Å²) in [6.07, 6.45) is 1.62. The molecule has 1 heterocycles. The minimum atomic E-state index is -0.245. The Labute approximate surface area is 89.3 Å². The van der Waals surface area contributed by atoms with Crippen LogP contribution in [-0.4, -0.2) is 29.2 Å². The van der Waals surface area contributed by atoms with E-state index in [4.69, 9.17) is 0 Å². The summed E-state index contributed by atoms with van der Waals surface area (Å²) in [6.45, 7) is 2.21. The van der Waals surface area contributed by atoms with Crippen LogP contribution < -0.4 is 0 Å². The molecule has 0 aromatic heterocycles.